The van der Waals surface area contributed by atoms with E-state index in [1.54, 1.807) is 19.2 Å². The van der Waals surface area contributed by atoms with Crippen LogP contribution in [0.4, 0.5) is 5.69 Å². The molecule has 3 N–H and O–H groups in total. The van der Waals surface area contributed by atoms with Crippen LogP contribution in [0.15, 0.2) is 23.2 Å². The Kier molecular flexibility index (Phi) is 3.39. The quantitative estimate of drug-likeness (QED) is 0.654. The summed E-state index contributed by atoms with van der Waals surface area (Å²) in [6, 6.07) is 5.73. The SMILES string of the molecule is COc1ccc(NC(N)=NC2CC2(C)C)cc1Cl. The Morgan fingerprint density at radius 2 is 2.22 bits per heavy atom. The molecule has 0 aliphatic heterocycles. The lowest BCUT2D eigenvalue weighted by molar-refractivity contribution is 0.415. The first-order valence-corrected chi connectivity index (χ1v) is 6.24. The van der Waals surface area contributed by atoms with E-state index in [9.17, 15) is 0 Å². The molecule has 1 aromatic carbocycles. The highest BCUT2D eigenvalue weighted by Crippen LogP contribution is 2.47. The highest BCUT2D eigenvalue weighted by molar-refractivity contribution is 6.32. The molecule has 2 rings (SSSR count). The minimum absolute atomic E-state index is 0.282. The van der Waals surface area contributed by atoms with E-state index in [4.69, 9.17) is 22.1 Å². The fraction of sp³-hybridized carbons (Fsp3) is 0.462. The van der Waals surface area contributed by atoms with E-state index in [-0.39, 0.29) is 5.41 Å². The molecule has 4 nitrogen and oxygen atoms in total. The first-order chi connectivity index (χ1) is 8.42. The van der Waals surface area contributed by atoms with Gasteiger partial charge in [0.05, 0.1) is 18.2 Å². The molecule has 0 amide bonds. The minimum atomic E-state index is 0.282. The molecular formula is C13H18ClN3O. The van der Waals surface area contributed by atoms with Gasteiger partial charge in [0.1, 0.15) is 5.75 Å². The fourth-order valence-corrected chi connectivity index (χ4v) is 2.01. The third-order valence-electron chi connectivity index (χ3n) is 3.18. The van der Waals surface area contributed by atoms with E-state index < -0.39 is 0 Å². The van der Waals surface area contributed by atoms with E-state index in [1.165, 1.54) is 0 Å². The number of nitrogens with one attached hydrogen (secondary N) is 1. The monoisotopic (exact) mass is 267 g/mol. The maximum absolute atomic E-state index is 6.03. The van der Waals surface area contributed by atoms with E-state index in [1.807, 2.05) is 6.07 Å². The van der Waals surface area contributed by atoms with E-state index in [0.717, 1.165) is 12.1 Å². The summed E-state index contributed by atoms with van der Waals surface area (Å²) in [7, 11) is 1.58. The molecule has 1 atom stereocenters. The normalized spacial score (nSPS) is 21.6. The van der Waals surface area contributed by atoms with Gasteiger partial charge in [-0.25, -0.2) is 4.99 Å². The first kappa shape index (κ1) is 13.0. The number of ether oxygens (including phenoxy) is 1. The van der Waals surface area contributed by atoms with Crippen molar-refractivity contribution in [1.82, 2.24) is 0 Å². The molecule has 1 aliphatic rings. The van der Waals surface area contributed by atoms with Crippen LogP contribution in [0.5, 0.6) is 5.75 Å². The van der Waals surface area contributed by atoms with Crippen LogP contribution in [-0.2, 0) is 0 Å². The summed E-state index contributed by atoms with van der Waals surface area (Å²) in [6.45, 7) is 4.36. The lowest BCUT2D eigenvalue weighted by atomic mass is 10.2. The molecule has 0 saturated heterocycles. The number of benzene rings is 1. The molecular weight excluding hydrogens is 250 g/mol. The first-order valence-electron chi connectivity index (χ1n) is 5.86. The van der Waals surface area contributed by atoms with Crippen LogP contribution in [0.1, 0.15) is 20.3 Å². The standard InChI is InChI=1S/C13H18ClN3O/c1-13(2)7-11(13)17-12(15)16-8-4-5-10(18-3)9(14)6-8/h4-6,11H,7H2,1-3H3,(H3,15,16,17). The number of rotatable bonds is 3. The number of nitrogens with two attached hydrogens (primary N) is 1. The van der Waals surface area contributed by atoms with Gasteiger partial charge in [0.25, 0.3) is 0 Å². The van der Waals surface area contributed by atoms with E-state index >= 15 is 0 Å². The fourth-order valence-electron chi connectivity index (χ4n) is 1.75. The summed E-state index contributed by atoms with van der Waals surface area (Å²) in [5.74, 6) is 1.06. The summed E-state index contributed by atoms with van der Waals surface area (Å²) in [4.78, 5) is 4.42. The van der Waals surface area contributed by atoms with Crippen LogP contribution in [0, 0.1) is 5.41 Å². The third kappa shape index (κ3) is 2.88. The zero-order chi connectivity index (χ0) is 13.3. The second-order valence-electron chi connectivity index (χ2n) is 5.20. The number of hydrogen-bond acceptors (Lipinski definition) is 2. The number of aliphatic imine (C=N–C) groups is 1. The van der Waals surface area contributed by atoms with Gasteiger partial charge in [0, 0.05) is 5.69 Å². The van der Waals surface area contributed by atoms with Crippen LogP contribution in [0.25, 0.3) is 0 Å². The average Bonchev–Trinajstić information content (AvgIpc) is 2.85. The summed E-state index contributed by atoms with van der Waals surface area (Å²) >= 11 is 6.03. The van der Waals surface area contributed by atoms with Gasteiger partial charge in [-0.1, -0.05) is 25.4 Å². The van der Waals surface area contributed by atoms with Gasteiger partial charge < -0.3 is 15.8 Å². The number of methoxy groups -OCH3 is 1. The van der Waals surface area contributed by atoms with Gasteiger partial charge in [-0.2, -0.15) is 0 Å². The van der Waals surface area contributed by atoms with Gasteiger partial charge in [-0.15, -0.1) is 0 Å². The van der Waals surface area contributed by atoms with Crippen molar-refractivity contribution in [3.05, 3.63) is 23.2 Å². The van der Waals surface area contributed by atoms with Crippen molar-refractivity contribution in [2.24, 2.45) is 16.1 Å². The lowest BCUT2D eigenvalue weighted by Crippen LogP contribution is -2.23. The predicted octanol–water partition coefficient (Wildman–Crippen LogP) is 2.87. The van der Waals surface area contributed by atoms with Gasteiger partial charge in [0.2, 0.25) is 0 Å². The maximum atomic E-state index is 6.03. The highest BCUT2D eigenvalue weighted by atomic mass is 35.5. The minimum Gasteiger partial charge on any atom is -0.495 e. The number of guanidine groups is 1. The number of anilines is 1. The van der Waals surface area contributed by atoms with Gasteiger partial charge >= 0.3 is 0 Å². The van der Waals surface area contributed by atoms with Crippen molar-refractivity contribution in [2.45, 2.75) is 26.3 Å². The molecule has 1 aromatic rings. The topological polar surface area (TPSA) is 59.6 Å². The van der Waals surface area contributed by atoms with Crippen molar-refractivity contribution in [3.63, 3.8) is 0 Å². The molecule has 0 heterocycles. The number of nitrogens with zero attached hydrogens (tertiary/aromatic N) is 1. The highest BCUT2D eigenvalue weighted by Gasteiger charge is 2.45. The maximum Gasteiger partial charge on any atom is 0.193 e. The van der Waals surface area contributed by atoms with Crippen molar-refractivity contribution in [2.75, 3.05) is 12.4 Å². The molecule has 0 radical (unpaired) electrons. The second kappa shape index (κ2) is 4.69. The Balaban J connectivity index is 2.03. The summed E-state index contributed by atoms with van der Waals surface area (Å²) in [6.07, 6.45) is 1.08. The molecule has 1 aliphatic carbocycles. The average molecular weight is 268 g/mol. The molecule has 98 valence electrons. The van der Waals surface area contributed by atoms with E-state index in [0.29, 0.717) is 22.8 Å². The van der Waals surface area contributed by atoms with Gasteiger partial charge in [-0.05, 0) is 30.0 Å². The summed E-state index contributed by atoms with van der Waals surface area (Å²) in [5, 5.41) is 3.57. The Bertz CT molecular complexity index is 485. The van der Waals surface area contributed by atoms with E-state index in [2.05, 4.69) is 24.2 Å². The molecule has 0 bridgehead atoms. The Hall–Kier alpha value is -1.42. The number of halogens is 1. The van der Waals surface area contributed by atoms with Crippen LogP contribution < -0.4 is 15.8 Å². The third-order valence-corrected chi connectivity index (χ3v) is 3.48. The molecule has 1 fully saturated rings. The molecule has 0 spiro atoms. The zero-order valence-corrected chi connectivity index (χ0v) is 11.6. The van der Waals surface area contributed by atoms with Crippen LogP contribution in [0.2, 0.25) is 5.02 Å². The molecule has 1 saturated carbocycles. The van der Waals surface area contributed by atoms with Crippen molar-refractivity contribution in [3.8, 4) is 5.75 Å². The van der Waals surface area contributed by atoms with Crippen LogP contribution >= 0.6 is 11.6 Å². The second-order valence-corrected chi connectivity index (χ2v) is 5.60. The summed E-state index contributed by atoms with van der Waals surface area (Å²) < 4.78 is 5.09. The van der Waals surface area contributed by atoms with Gasteiger partial charge in [-0.3, -0.25) is 0 Å². The Morgan fingerprint density at radius 1 is 1.56 bits per heavy atom. The Morgan fingerprint density at radius 3 is 2.72 bits per heavy atom. The van der Waals surface area contributed by atoms with Crippen molar-refractivity contribution < 1.29 is 4.74 Å². The predicted molar refractivity (Wildman–Crippen MR) is 75.4 cm³/mol. The van der Waals surface area contributed by atoms with Gasteiger partial charge in [0.15, 0.2) is 5.96 Å². The summed E-state index contributed by atoms with van der Waals surface area (Å²) in [5.41, 5.74) is 6.94. The molecule has 0 aromatic heterocycles. The molecule has 18 heavy (non-hydrogen) atoms. The number of hydrogen-bond donors (Lipinski definition) is 2. The molecule has 1 unspecified atom stereocenters. The molecule has 5 heteroatoms. The van der Waals surface area contributed by atoms with Crippen molar-refractivity contribution >= 4 is 23.2 Å². The van der Waals surface area contributed by atoms with Crippen LogP contribution in [-0.4, -0.2) is 19.1 Å². The van der Waals surface area contributed by atoms with Crippen LogP contribution in [0.3, 0.4) is 0 Å². The Labute approximate surface area is 112 Å². The zero-order valence-electron chi connectivity index (χ0n) is 10.8. The largest absolute Gasteiger partial charge is 0.495 e. The van der Waals surface area contributed by atoms with Crippen molar-refractivity contribution in [1.29, 1.82) is 0 Å². The lowest BCUT2D eigenvalue weighted by Gasteiger charge is -2.08. The smallest absolute Gasteiger partial charge is 0.193 e.